The summed E-state index contributed by atoms with van der Waals surface area (Å²) in [5.41, 5.74) is 3.06. The van der Waals surface area contributed by atoms with Gasteiger partial charge in [-0.05, 0) is 48.8 Å². The van der Waals surface area contributed by atoms with Crippen molar-refractivity contribution in [3.63, 3.8) is 0 Å². The molecular formula is C18H29N. The van der Waals surface area contributed by atoms with Crippen molar-refractivity contribution in [2.45, 2.75) is 64.8 Å². The molecule has 1 heteroatoms. The molecule has 1 aromatic rings. The van der Waals surface area contributed by atoms with Gasteiger partial charge in [0.25, 0.3) is 0 Å². The molecule has 0 radical (unpaired) electrons. The third-order valence-corrected chi connectivity index (χ3v) is 4.58. The summed E-state index contributed by atoms with van der Waals surface area (Å²) in [5, 5.41) is 3.69. The van der Waals surface area contributed by atoms with Crippen LogP contribution in [0.4, 0.5) is 0 Å². The van der Waals surface area contributed by atoms with Gasteiger partial charge < -0.3 is 5.32 Å². The number of benzene rings is 1. The summed E-state index contributed by atoms with van der Waals surface area (Å²) in [7, 11) is 0. The van der Waals surface area contributed by atoms with Crippen LogP contribution in [-0.2, 0) is 0 Å². The van der Waals surface area contributed by atoms with Crippen molar-refractivity contribution in [2.75, 3.05) is 6.54 Å². The number of hydrogen-bond acceptors (Lipinski definition) is 1. The van der Waals surface area contributed by atoms with E-state index in [2.05, 4.69) is 50.4 Å². The van der Waals surface area contributed by atoms with Crippen molar-refractivity contribution in [1.82, 2.24) is 5.32 Å². The van der Waals surface area contributed by atoms with E-state index in [4.69, 9.17) is 0 Å². The summed E-state index contributed by atoms with van der Waals surface area (Å²) < 4.78 is 0. The Labute approximate surface area is 118 Å². The first kappa shape index (κ1) is 14.6. The average Bonchev–Trinajstić information content (AvgIpc) is 2.34. The molecule has 1 nitrogen and oxygen atoms in total. The van der Waals surface area contributed by atoms with E-state index in [0.29, 0.717) is 12.0 Å². The molecule has 19 heavy (non-hydrogen) atoms. The fourth-order valence-corrected chi connectivity index (χ4v) is 3.24. The van der Waals surface area contributed by atoms with Crippen LogP contribution >= 0.6 is 0 Å². The number of hydrogen-bond donors (Lipinski definition) is 1. The van der Waals surface area contributed by atoms with Gasteiger partial charge in [-0.15, -0.1) is 0 Å². The Balaban J connectivity index is 2.15. The predicted octanol–water partition coefficient (Wildman–Crippen LogP) is 5.04. The van der Waals surface area contributed by atoms with Crippen molar-refractivity contribution in [1.29, 1.82) is 0 Å². The second-order valence-electron chi connectivity index (χ2n) is 6.10. The minimum Gasteiger partial charge on any atom is -0.310 e. The van der Waals surface area contributed by atoms with E-state index in [1.165, 1.54) is 37.7 Å². The SMILES string of the molecule is CCCC(C)C(NCC)c1cccc(C2CCC2)c1. The molecule has 0 spiro atoms. The molecule has 0 heterocycles. The lowest BCUT2D eigenvalue weighted by Crippen LogP contribution is -2.27. The van der Waals surface area contributed by atoms with Crippen LogP contribution in [0.1, 0.15) is 76.0 Å². The largest absolute Gasteiger partial charge is 0.310 e. The molecule has 1 aromatic carbocycles. The predicted molar refractivity (Wildman–Crippen MR) is 83.5 cm³/mol. The average molecular weight is 259 g/mol. The second kappa shape index (κ2) is 7.09. The molecule has 2 atom stereocenters. The third kappa shape index (κ3) is 3.60. The van der Waals surface area contributed by atoms with Gasteiger partial charge in [-0.25, -0.2) is 0 Å². The molecule has 0 amide bonds. The zero-order valence-corrected chi connectivity index (χ0v) is 12.8. The fourth-order valence-electron chi connectivity index (χ4n) is 3.24. The fraction of sp³-hybridized carbons (Fsp3) is 0.667. The molecule has 2 unspecified atom stereocenters. The number of rotatable bonds is 7. The minimum absolute atomic E-state index is 0.518. The molecule has 1 saturated carbocycles. The Morgan fingerprint density at radius 2 is 2.05 bits per heavy atom. The maximum atomic E-state index is 3.69. The highest BCUT2D eigenvalue weighted by molar-refractivity contribution is 5.30. The first-order valence-corrected chi connectivity index (χ1v) is 8.09. The lowest BCUT2D eigenvalue weighted by Gasteiger charge is -2.29. The Hall–Kier alpha value is -0.820. The van der Waals surface area contributed by atoms with Crippen LogP contribution in [0.5, 0.6) is 0 Å². The summed E-state index contributed by atoms with van der Waals surface area (Å²) in [6, 6.07) is 9.86. The van der Waals surface area contributed by atoms with Gasteiger partial charge in [-0.2, -0.15) is 0 Å². The zero-order valence-electron chi connectivity index (χ0n) is 12.8. The highest BCUT2D eigenvalue weighted by Gasteiger charge is 2.22. The molecule has 106 valence electrons. The highest BCUT2D eigenvalue weighted by Crippen LogP contribution is 2.37. The quantitative estimate of drug-likeness (QED) is 0.723. The summed E-state index contributed by atoms with van der Waals surface area (Å²) in [5.74, 6) is 1.55. The van der Waals surface area contributed by atoms with Crippen LogP contribution in [0.25, 0.3) is 0 Å². The molecule has 2 rings (SSSR count). The molecule has 1 fully saturated rings. The van der Waals surface area contributed by atoms with Gasteiger partial charge in [0.1, 0.15) is 0 Å². The number of nitrogens with one attached hydrogen (secondary N) is 1. The van der Waals surface area contributed by atoms with Gasteiger partial charge in [0.2, 0.25) is 0 Å². The minimum atomic E-state index is 0.518. The van der Waals surface area contributed by atoms with Gasteiger partial charge in [0, 0.05) is 6.04 Å². The molecular weight excluding hydrogens is 230 g/mol. The van der Waals surface area contributed by atoms with Crippen molar-refractivity contribution < 1.29 is 0 Å². The molecule has 0 bridgehead atoms. The smallest absolute Gasteiger partial charge is 0.0346 e. The molecule has 0 aliphatic heterocycles. The normalized spacial score (nSPS) is 18.9. The summed E-state index contributed by atoms with van der Waals surface area (Å²) >= 11 is 0. The highest BCUT2D eigenvalue weighted by atomic mass is 14.9. The van der Waals surface area contributed by atoms with E-state index in [-0.39, 0.29) is 0 Å². The van der Waals surface area contributed by atoms with Crippen molar-refractivity contribution >= 4 is 0 Å². The monoisotopic (exact) mass is 259 g/mol. The van der Waals surface area contributed by atoms with Gasteiger partial charge in [-0.1, -0.05) is 57.9 Å². The summed E-state index contributed by atoms with van der Waals surface area (Å²) in [4.78, 5) is 0. The van der Waals surface area contributed by atoms with Gasteiger partial charge >= 0.3 is 0 Å². The Morgan fingerprint density at radius 1 is 1.26 bits per heavy atom. The first-order valence-electron chi connectivity index (χ1n) is 8.09. The van der Waals surface area contributed by atoms with Crippen LogP contribution < -0.4 is 5.32 Å². The van der Waals surface area contributed by atoms with Gasteiger partial charge in [-0.3, -0.25) is 0 Å². The van der Waals surface area contributed by atoms with Crippen molar-refractivity contribution in [3.05, 3.63) is 35.4 Å². The van der Waals surface area contributed by atoms with Crippen LogP contribution in [0.15, 0.2) is 24.3 Å². The molecule has 1 aliphatic rings. The van der Waals surface area contributed by atoms with E-state index in [0.717, 1.165) is 12.5 Å². The maximum Gasteiger partial charge on any atom is 0.0346 e. The van der Waals surface area contributed by atoms with Crippen LogP contribution in [0, 0.1) is 5.92 Å². The molecule has 0 aromatic heterocycles. The van der Waals surface area contributed by atoms with E-state index in [1.54, 1.807) is 5.56 Å². The van der Waals surface area contributed by atoms with Crippen molar-refractivity contribution in [3.8, 4) is 0 Å². The molecule has 1 aliphatic carbocycles. The summed E-state index contributed by atoms with van der Waals surface area (Å²) in [6.45, 7) is 7.92. The van der Waals surface area contributed by atoms with Crippen LogP contribution in [0.2, 0.25) is 0 Å². The molecule has 0 saturated heterocycles. The lowest BCUT2D eigenvalue weighted by molar-refractivity contribution is 0.367. The maximum absolute atomic E-state index is 3.69. The Kier molecular flexibility index (Phi) is 5.45. The zero-order chi connectivity index (χ0) is 13.7. The van der Waals surface area contributed by atoms with Gasteiger partial charge in [0.05, 0.1) is 0 Å². The van der Waals surface area contributed by atoms with E-state index < -0.39 is 0 Å². The van der Waals surface area contributed by atoms with Crippen LogP contribution in [-0.4, -0.2) is 6.54 Å². The van der Waals surface area contributed by atoms with Crippen molar-refractivity contribution in [2.24, 2.45) is 5.92 Å². The van der Waals surface area contributed by atoms with E-state index in [1.807, 2.05) is 0 Å². The van der Waals surface area contributed by atoms with E-state index >= 15 is 0 Å². The second-order valence-corrected chi connectivity index (χ2v) is 6.10. The molecule has 1 N–H and O–H groups in total. The third-order valence-electron chi connectivity index (χ3n) is 4.58. The van der Waals surface area contributed by atoms with Crippen LogP contribution in [0.3, 0.4) is 0 Å². The Morgan fingerprint density at radius 3 is 2.63 bits per heavy atom. The Bertz CT molecular complexity index is 381. The topological polar surface area (TPSA) is 12.0 Å². The lowest BCUT2D eigenvalue weighted by atomic mass is 9.79. The van der Waals surface area contributed by atoms with E-state index in [9.17, 15) is 0 Å². The van der Waals surface area contributed by atoms with Gasteiger partial charge in [0.15, 0.2) is 0 Å². The first-order chi connectivity index (χ1) is 9.26. The summed E-state index contributed by atoms with van der Waals surface area (Å²) in [6.07, 6.45) is 6.76. The standard InChI is InChI=1S/C18H29N/c1-4-8-14(3)18(19-5-2)17-12-7-11-16(13-17)15-9-6-10-15/h7,11-15,18-19H,4-6,8-10H2,1-3H3.